The van der Waals surface area contributed by atoms with E-state index in [0.29, 0.717) is 0 Å². The van der Waals surface area contributed by atoms with Crippen molar-refractivity contribution in [2.45, 2.75) is 46.5 Å². The summed E-state index contributed by atoms with van der Waals surface area (Å²) < 4.78 is 0. The number of allylic oxidation sites excluding steroid dienone is 1. The summed E-state index contributed by atoms with van der Waals surface area (Å²) in [5.41, 5.74) is 3.73. The van der Waals surface area contributed by atoms with Gasteiger partial charge in [0.1, 0.15) is 0 Å². The SMILES string of the molecule is CCCCCC=C1CN(CC)N(CC)N=C1c1ccccc1. The van der Waals surface area contributed by atoms with Gasteiger partial charge in [-0.2, -0.15) is 5.10 Å². The van der Waals surface area contributed by atoms with Crippen molar-refractivity contribution in [2.24, 2.45) is 5.10 Å². The van der Waals surface area contributed by atoms with E-state index in [1.54, 1.807) is 0 Å². The Morgan fingerprint density at radius 1 is 1.05 bits per heavy atom. The van der Waals surface area contributed by atoms with Gasteiger partial charge in [0.05, 0.1) is 12.3 Å². The maximum Gasteiger partial charge on any atom is 0.0962 e. The van der Waals surface area contributed by atoms with Crippen molar-refractivity contribution >= 4 is 5.71 Å². The van der Waals surface area contributed by atoms with E-state index in [-0.39, 0.29) is 0 Å². The van der Waals surface area contributed by atoms with Crippen LogP contribution in [0.4, 0.5) is 0 Å². The lowest BCUT2D eigenvalue weighted by molar-refractivity contribution is -0.0104. The van der Waals surface area contributed by atoms with Crippen LogP contribution in [0.3, 0.4) is 0 Å². The van der Waals surface area contributed by atoms with E-state index in [9.17, 15) is 0 Å². The monoisotopic (exact) mass is 299 g/mol. The molecule has 0 aromatic heterocycles. The van der Waals surface area contributed by atoms with Crippen molar-refractivity contribution in [3.05, 3.63) is 47.5 Å². The third-order valence-electron chi connectivity index (χ3n) is 4.09. The maximum absolute atomic E-state index is 4.91. The van der Waals surface area contributed by atoms with Crippen LogP contribution in [-0.4, -0.2) is 35.5 Å². The summed E-state index contributed by atoms with van der Waals surface area (Å²) in [4.78, 5) is 0. The van der Waals surface area contributed by atoms with Crippen molar-refractivity contribution in [3.8, 4) is 0 Å². The number of benzene rings is 1. The number of hydrogen-bond acceptors (Lipinski definition) is 3. The lowest BCUT2D eigenvalue weighted by atomic mass is 9.99. The molecular weight excluding hydrogens is 270 g/mol. The minimum atomic E-state index is 0.910. The van der Waals surface area contributed by atoms with Gasteiger partial charge in [0.15, 0.2) is 0 Å². The fraction of sp³-hybridized carbons (Fsp3) is 0.526. The van der Waals surface area contributed by atoms with Crippen LogP contribution in [0.15, 0.2) is 47.1 Å². The summed E-state index contributed by atoms with van der Waals surface area (Å²) >= 11 is 0. The lowest BCUT2D eigenvalue weighted by Gasteiger charge is -2.36. The highest BCUT2D eigenvalue weighted by molar-refractivity contribution is 6.13. The number of hydrazone groups is 1. The smallest absolute Gasteiger partial charge is 0.0962 e. The van der Waals surface area contributed by atoms with Gasteiger partial charge in [-0.05, 0) is 25.3 Å². The van der Waals surface area contributed by atoms with E-state index in [4.69, 9.17) is 5.10 Å². The molecule has 120 valence electrons. The summed E-state index contributed by atoms with van der Waals surface area (Å²) in [6, 6.07) is 10.6. The van der Waals surface area contributed by atoms with Crippen LogP contribution < -0.4 is 0 Å². The molecule has 0 saturated carbocycles. The van der Waals surface area contributed by atoms with Gasteiger partial charge in [0.25, 0.3) is 0 Å². The molecule has 2 rings (SSSR count). The third kappa shape index (κ3) is 4.20. The molecule has 1 aromatic carbocycles. The molecule has 0 spiro atoms. The van der Waals surface area contributed by atoms with E-state index >= 15 is 0 Å². The molecule has 0 aliphatic carbocycles. The average molecular weight is 299 g/mol. The van der Waals surface area contributed by atoms with Crippen molar-refractivity contribution in [1.82, 2.24) is 10.1 Å². The molecule has 1 heterocycles. The Hall–Kier alpha value is -1.61. The first kappa shape index (κ1) is 16.8. The first-order valence-electron chi connectivity index (χ1n) is 8.65. The summed E-state index contributed by atoms with van der Waals surface area (Å²) in [6.07, 6.45) is 7.40. The summed E-state index contributed by atoms with van der Waals surface area (Å²) in [5, 5.41) is 9.33. The maximum atomic E-state index is 4.91. The Morgan fingerprint density at radius 2 is 1.82 bits per heavy atom. The zero-order chi connectivity index (χ0) is 15.8. The minimum absolute atomic E-state index is 0.910. The molecule has 3 nitrogen and oxygen atoms in total. The van der Waals surface area contributed by atoms with Gasteiger partial charge in [-0.25, -0.2) is 10.1 Å². The molecule has 1 aliphatic rings. The molecule has 22 heavy (non-hydrogen) atoms. The zero-order valence-electron chi connectivity index (χ0n) is 14.3. The molecule has 0 unspecified atom stereocenters. The van der Waals surface area contributed by atoms with Gasteiger partial charge in [-0.15, -0.1) is 0 Å². The molecule has 0 radical (unpaired) electrons. The van der Waals surface area contributed by atoms with Crippen LogP contribution in [0.2, 0.25) is 0 Å². The van der Waals surface area contributed by atoms with Crippen LogP contribution in [-0.2, 0) is 0 Å². The molecular formula is C19H29N3. The van der Waals surface area contributed by atoms with E-state index in [2.05, 4.69) is 67.3 Å². The molecule has 0 bridgehead atoms. The number of likely N-dealkylation sites (N-methyl/N-ethyl adjacent to an activating group) is 1. The van der Waals surface area contributed by atoms with Crippen molar-refractivity contribution in [1.29, 1.82) is 0 Å². The van der Waals surface area contributed by atoms with Crippen LogP contribution in [0.1, 0.15) is 52.0 Å². The topological polar surface area (TPSA) is 18.8 Å². The van der Waals surface area contributed by atoms with Crippen molar-refractivity contribution < 1.29 is 0 Å². The van der Waals surface area contributed by atoms with E-state index < -0.39 is 0 Å². The van der Waals surface area contributed by atoms with Gasteiger partial charge in [0.2, 0.25) is 0 Å². The van der Waals surface area contributed by atoms with Crippen LogP contribution in [0.5, 0.6) is 0 Å². The summed E-state index contributed by atoms with van der Waals surface area (Å²) in [7, 11) is 0. The molecule has 0 N–H and O–H groups in total. The lowest BCUT2D eigenvalue weighted by Crippen LogP contribution is -2.45. The van der Waals surface area contributed by atoms with Gasteiger partial charge in [-0.3, -0.25) is 0 Å². The normalized spacial score (nSPS) is 17.9. The number of nitrogens with zero attached hydrogens (tertiary/aromatic N) is 3. The first-order chi connectivity index (χ1) is 10.8. The Bertz CT molecular complexity index is 505. The highest BCUT2D eigenvalue weighted by atomic mass is 15.8. The van der Waals surface area contributed by atoms with E-state index in [0.717, 1.165) is 31.8 Å². The fourth-order valence-corrected chi connectivity index (χ4v) is 2.81. The third-order valence-corrected chi connectivity index (χ3v) is 4.09. The molecule has 1 aliphatic heterocycles. The standard InChI is InChI=1S/C19H29N3/c1-4-7-8-10-15-18-16-21(5-2)22(6-3)20-19(18)17-13-11-9-12-14-17/h9,11-15H,4-8,10,16H2,1-3H3. The minimum Gasteiger partial charge on any atom is -0.227 e. The number of hydrogen-bond donors (Lipinski definition) is 0. The second kappa shape index (κ2) is 8.74. The molecule has 0 saturated heterocycles. The Morgan fingerprint density at radius 3 is 2.45 bits per heavy atom. The van der Waals surface area contributed by atoms with E-state index in [1.807, 2.05) is 0 Å². The number of unbranched alkanes of at least 4 members (excludes halogenated alkanes) is 3. The number of rotatable bonds is 7. The van der Waals surface area contributed by atoms with Crippen LogP contribution >= 0.6 is 0 Å². The summed E-state index contributed by atoms with van der Waals surface area (Å²) in [6.45, 7) is 9.47. The second-order valence-electron chi connectivity index (χ2n) is 5.71. The largest absolute Gasteiger partial charge is 0.227 e. The molecule has 0 atom stereocenters. The summed E-state index contributed by atoms with van der Waals surface area (Å²) in [5.74, 6) is 0. The van der Waals surface area contributed by atoms with Gasteiger partial charge < -0.3 is 0 Å². The predicted molar refractivity (Wildman–Crippen MR) is 94.8 cm³/mol. The Balaban J connectivity index is 2.27. The molecule has 0 amide bonds. The van der Waals surface area contributed by atoms with E-state index in [1.165, 1.54) is 30.4 Å². The Kier molecular flexibility index (Phi) is 6.66. The fourth-order valence-electron chi connectivity index (χ4n) is 2.81. The van der Waals surface area contributed by atoms with Crippen molar-refractivity contribution in [2.75, 3.05) is 19.6 Å². The molecule has 0 fully saturated rings. The number of hydrazine groups is 1. The zero-order valence-corrected chi connectivity index (χ0v) is 14.3. The highest BCUT2D eigenvalue weighted by Crippen LogP contribution is 2.20. The van der Waals surface area contributed by atoms with Gasteiger partial charge in [-0.1, -0.05) is 63.1 Å². The Labute approximate surface area is 135 Å². The van der Waals surface area contributed by atoms with Crippen LogP contribution in [0.25, 0.3) is 0 Å². The second-order valence-corrected chi connectivity index (χ2v) is 5.71. The highest BCUT2D eigenvalue weighted by Gasteiger charge is 2.23. The average Bonchev–Trinajstić information content (AvgIpc) is 2.58. The van der Waals surface area contributed by atoms with Crippen LogP contribution in [0, 0.1) is 0 Å². The van der Waals surface area contributed by atoms with Gasteiger partial charge >= 0.3 is 0 Å². The predicted octanol–water partition coefficient (Wildman–Crippen LogP) is 4.47. The van der Waals surface area contributed by atoms with Gasteiger partial charge in [0, 0.05) is 18.7 Å². The first-order valence-corrected chi connectivity index (χ1v) is 8.65. The molecule has 1 aromatic rings. The quantitative estimate of drug-likeness (QED) is 0.692. The van der Waals surface area contributed by atoms with Crippen molar-refractivity contribution in [3.63, 3.8) is 0 Å². The molecule has 3 heteroatoms.